The number of carbonyl (C=O) groups is 2. The first-order chi connectivity index (χ1) is 8.53. The molecule has 1 amide bonds. The highest BCUT2D eigenvalue weighted by atomic mass is 16.5. The Kier molecular flexibility index (Phi) is 5.59. The number of hydrogen-bond donors (Lipinski definition) is 2. The summed E-state index contributed by atoms with van der Waals surface area (Å²) < 4.78 is 5.11. The van der Waals surface area contributed by atoms with Gasteiger partial charge in [0.15, 0.2) is 0 Å². The average molecular weight is 257 g/mol. The minimum Gasteiger partial charge on any atom is -0.479 e. The Morgan fingerprint density at radius 3 is 2.72 bits per heavy atom. The maximum absolute atomic E-state index is 11.8. The van der Waals surface area contributed by atoms with Gasteiger partial charge in [-0.15, -0.1) is 0 Å². The van der Waals surface area contributed by atoms with Gasteiger partial charge in [-0.05, 0) is 25.7 Å². The van der Waals surface area contributed by atoms with Crippen LogP contribution in [-0.2, 0) is 14.3 Å². The lowest BCUT2D eigenvalue weighted by Crippen LogP contribution is -2.60. The highest BCUT2D eigenvalue weighted by Gasteiger charge is 2.46. The van der Waals surface area contributed by atoms with Crippen LogP contribution in [0.3, 0.4) is 0 Å². The molecule has 2 atom stereocenters. The molecular weight excluding hydrogens is 234 g/mol. The van der Waals surface area contributed by atoms with Crippen LogP contribution in [-0.4, -0.2) is 35.7 Å². The van der Waals surface area contributed by atoms with Gasteiger partial charge in [-0.3, -0.25) is 4.79 Å². The SMILES string of the molecule is CCOCCC(=O)NC1(C(=O)O)CCCCC1C. The maximum Gasteiger partial charge on any atom is 0.329 e. The van der Waals surface area contributed by atoms with Gasteiger partial charge in [-0.2, -0.15) is 0 Å². The van der Waals surface area contributed by atoms with Gasteiger partial charge in [0.05, 0.1) is 6.61 Å². The molecule has 0 aliphatic heterocycles. The molecule has 5 heteroatoms. The van der Waals surface area contributed by atoms with E-state index in [9.17, 15) is 14.7 Å². The second-order valence-corrected chi connectivity index (χ2v) is 4.92. The first kappa shape index (κ1) is 15.0. The molecule has 5 nitrogen and oxygen atoms in total. The van der Waals surface area contributed by atoms with Crippen molar-refractivity contribution < 1.29 is 19.4 Å². The Morgan fingerprint density at radius 1 is 1.44 bits per heavy atom. The molecule has 0 aromatic heterocycles. The second-order valence-electron chi connectivity index (χ2n) is 4.92. The minimum absolute atomic E-state index is 0.0280. The minimum atomic E-state index is -1.08. The van der Waals surface area contributed by atoms with Crippen molar-refractivity contribution in [3.63, 3.8) is 0 Å². The van der Waals surface area contributed by atoms with E-state index in [0.29, 0.717) is 19.6 Å². The van der Waals surface area contributed by atoms with Crippen molar-refractivity contribution in [2.24, 2.45) is 5.92 Å². The third-order valence-electron chi connectivity index (χ3n) is 3.72. The van der Waals surface area contributed by atoms with Crippen molar-refractivity contribution in [1.82, 2.24) is 5.32 Å². The molecule has 1 aliphatic carbocycles. The summed E-state index contributed by atoms with van der Waals surface area (Å²) in [6.07, 6.45) is 3.46. The van der Waals surface area contributed by atoms with E-state index in [1.165, 1.54) is 0 Å². The summed E-state index contributed by atoms with van der Waals surface area (Å²) in [7, 11) is 0. The normalized spacial score (nSPS) is 27.8. The van der Waals surface area contributed by atoms with Crippen LogP contribution >= 0.6 is 0 Å². The van der Waals surface area contributed by atoms with Gasteiger partial charge >= 0.3 is 5.97 Å². The standard InChI is InChI=1S/C13H23NO4/c1-3-18-9-7-11(15)14-13(12(16)17)8-5-4-6-10(13)2/h10H,3-9H2,1-2H3,(H,14,15)(H,16,17). The number of ether oxygens (including phenoxy) is 1. The fourth-order valence-corrected chi connectivity index (χ4v) is 2.52. The smallest absolute Gasteiger partial charge is 0.329 e. The number of nitrogens with one attached hydrogen (secondary N) is 1. The molecule has 1 rings (SSSR count). The fraction of sp³-hybridized carbons (Fsp3) is 0.846. The van der Waals surface area contributed by atoms with Crippen molar-refractivity contribution in [1.29, 1.82) is 0 Å². The van der Waals surface area contributed by atoms with Gasteiger partial charge in [0.25, 0.3) is 0 Å². The molecule has 1 fully saturated rings. The molecule has 0 heterocycles. The number of carboxylic acid groups (broad SMARTS) is 1. The van der Waals surface area contributed by atoms with Crippen LogP contribution in [0.5, 0.6) is 0 Å². The van der Waals surface area contributed by atoms with Crippen LogP contribution in [0.1, 0.15) is 46.0 Å². The lowest BCUT2D eigenvalue weighted by Gasteiger charge is -2.39. The van der Waals surface area contributed by atoms with Crippen LogP contribution < -0.4 is 5.32 Å². The van der Waals surface area contributed by atoms with E-state index in [1.807, 2.05) is 13.8 Å². The fourth-order valence-electron chi connectivity index (χ4n) is 2.52. The zero-order chi connectivity index (χ0) is 13.6. The largest absolute Gasteiger partial charge is 0.479 e. The highest BCUT2D eigenvalue weighted by Crippen LogP contribution is 2.34. The summed E-state index contributed by atoms with van der Waals surface area (Å²) in [6.45, 7) is 4.66. The predicted octanol–water partition coefficient (Wildman–Crippen LogP) is 1.56. The van der Waals surface area contributed by atoms with Crippen LogP contribution in [0.25, 0.3) is 0 Å². The summed E-state index contributed by atoms with van der Waals surface area (Å²) in [4.78, 5) is 23.3. The molecule has 0 bridgehead atoms. The van der Waals surface area contributed by atoms with Crippen LogP contribution in [0.4, 0.5) is 0 Å². The van der Waals surface area contributed by atoms with Crippen molar-refractivity contribution in [3.05, 3.63) is 0 Å². The van der Waals surface area contributed by atoms with Gasteiger partial charge in [0.1, 0.15) is 5.54 Å². The number of aliphatic carboxylic acids is 1. The summed E-state index contributed by atoms with van der Waals surface area (Å²) in [5, 5.41) is 12.2. The predicted molar refractivity (Wildman–Crippen MR) is 67.3 cm³/mol. The third kappa shape index (κ3) is 3.45. The molecule has 18 heavy (non-hydrogen) atoms. The molecule has 0 radical (unpaired) electrons. The summed E-state index contributed by atoms with van der Waals surface area (Å²) in [6, 6.07) is 0. The van der Waals surface area contributed by atoms with Gasteiger partial charge in [0, 0.05) is 13.0 Å². The van der Waals surface area contributed by atoms with Crippen molar-refractivity contribution in [2.45, 2.75) is 51.5 Å². The average Bonchev–Trinajstić information content (AvgIpc) is 2.32. The van der Waals surface area contributed by atoms with Gasteiger partial charge < -0.3 is 15.2 Å². The first-order valence-electron chi connectivity index (χ1n) is 6.65. The molecule has 0 aromatic rings. The maximum atomic E-state index is 11.8. The number of carbonyl (C=O) groups excluding carboxylic acids is 1. The van der Waals surface area contributed by atoms with E-state index < -0.39 is 11.5 Å². The van der Waals surface area contributed by atoms with Crippen LogP contribution in [0.2, 0.25) is 0 Å². The molecule has 1 saturated carbocycles. The molecule has 0 saturated heterocycles. The molecular formula is C13H23NO4. The summed E-state index contributed by atoms with van der Waals surface area (Å²) in [5.74, 6) is -1.18. The summed E-state index contributed by atoms with van der Waals surface area (Å²) >= 11 is 0. The number of rotatable bonds is 6. The summed E-state index contributed by atoms with van der Waals surface area (Å²) in [5.41, 5.74) is -1.08. The second kappa shape index (κ2) is 6.73. The lowest BCUT2D eigenvalue weighted by atomic mass is 9.73. The number of carboxylic acids is 1. The Morgan fingerprint density at radius 2 is 2.17 bits per heavy atom. The zero-order valence-corrected chi connectivity index (χ0v) is 11.2. The Labute approximate surface area is 108 Å². The topological polar surface area (TPSA) is 75.6 Å². The van der Waals surface area contributed by atoms with E-state index in [1.54, 1.807) is 0 Å². The monoisotopic (exact) mass is 257 g/mol. The van der Waals surface area contributed by atoms with Crippen molar-refractivity contribution in [2.75, 3.05) is 13.2 Å². The Bertz CT molecular complexity index is 305. The van der Waals surface area contributed by atoms with Crippen molar-refractivity contribution >= 4 is 11.9 Å². The zero-order valence-electron chi connectivity index (χ0n) is 11.2. The van der Waals surface area contributed by atoms with E-state index in [4.69, 9.17) is 4.74 Å². The van der Waals surface area contributed by atoms with E-state index in [2.05, 4.69) is 5.32 Å². The Balaban J connectivity index is 2.62. The van der Waals surface area contributed by atoms with Crippen LogP contribution in [0.15, 0.2) is 0 Å². The first-order valence-corrected chi connectivity index (χ1v) is 6.65. The van der Waals surface area contributed by atoms with E-state index in [0.717, 1.165) is 19.3 Å². The molecule has 104 valence electrons. The molecule has 2 N–H and O–H groups in total. The quantitative estimate of drug-likeness (QED) is 0.708. The van der Waals surface area contributed by atoms with Gasteiger partial charge in [-0.25, -0.2) is 4.79 Å². The third-order valence-corrected chi connectivity index (χ3v) is 3.72. The number of hydrogen-bond acceptors (Lipinski definition) is 3. The Hall–Kier alpha value is -1.10. The molecule has 0 spiro atoms. The molecule has 2 unspecified atom stereocenters. The van der Waals surface area contributed by atoms with Crippen molar-refractivity contribution in [3.8, 4) is 0 Å². The highest BCUT2D eigenvalue weighted by molar-refractivity contribution is 5.87. The number of amides is 1. The van der Waals surface area contributed by atoms with E-state index >= 15 is 0 Å². The molecule has 0 aromatic carbocycles. The molecule has 1 aliphatic rings. The van der Waals surface area contributed by atoms with Gasteiger partial charge in [0.2, 0.25) is 5.91 Å². The van der Waals surface area contributed by atoms with E-state index in [-0.39, 0.29) is 18.2 Å². The van der Waals surface area contributed by atoms with Gasteiger partial charge in [-0.1, -0.05) is 19.8 Å². The lowest BCUT2D eigenvalue weighted by molar-refractivity contribution is -0.152. The van der Waals surface area contributed by atoms with Crippen LogP contribution in [0, 0.1) is 5.92 Å².